The first-order chi connectivity index (χ1) is 11.8. The Hall–Kier alpha value is -2.93. The van der Waals surface area contributed by atoms with E-state index in [-0.39, 0.29) is 17.0 Å². The number of benzene rings is 2. The van der Waals surface area contributed by atoms with Crippen molar-refractivity contribution in [3.05, 3.63) is 62.7 Å². The van der Waals surface area contributed by atoms with Gasteiger partial charge in [0.05, 0.1) is 4.92 Å². The second-order valence-corrected chi connectivity index (χ2v) is 5.67. The number of nitrogens with zero attached hydrogens (tertiary/aromatic N) is 1. The van der Waals surface area contributed by atoms with E-state index in [0.29, 0.717) is 22.6 Å². The Morgan fingerprint density at radius 1 is 1.36 bits per heavy atom. The zero-order valence-electron chi connectivity index (χ0n) is 13.5. The number of nitro groups is 1. The lowest BCUT2D eigenvalue weighted by atomic mass is 10.2. The predicted molar refractivity (Wildman–Crippen MR) is 93.4 cm³/mol. The molecule has 0 bridgehead atoms. The molecule has 8 heteroatoms. The third kappa shape index (κ3) is 4.33. The van der Waals surface area contributed by atoms with E-state index in [1.807, 2.05) is 0 Å². The summed E-state index contributed by atoms with van der Waals surface area (Å²) in [5.74, 6) is -0.583. The Bertz CT molecular complexity index is 838. The summed E-state index contributed by atoms with van der Waals surface area (Å²) in [5.41, 5.74) is 0.985. The number of aldehydes is 1. The van der Waals surface area contributed by atoms with E-state index >= 15 is 0 Å². The molecule has 0 saturated carbocycles. The van der Waals surface area contributed by atoms with Crippen molar-refractivity contribution in [3.63, 3.8) is 0 Å². The number of rotatable bonds is 6. The average molecular weight is 363 g/mol. The molecule has 0 aliphatic rings. The summed E-state index contributed by atoms with van der Waals surface area (Å²) in [6.07, 6.45) is -0.506. The van der Waals surface area contributed by atoms with Crippen LogP contribution >= 0.6 is 11.6 Å². The number of carbonyl (C=O) groups excluding carboxylic acids is 2. The minimum atomic E-state index is -1.00. The first-order valence-corrected chi connectivity index (χ1v) is 7.67. The van der Waals surface area contributed by atoms with E-state index < -0.39 is 16.9 Å². The fourth-order valence-corrected chi connectivity index (χ4v) is 2.25. The molecule has 0 spiro atoms. The van der Waals surface area contributed by atoms with Gasteiger partial charge in [0.25, 0.3) is 5.91 Å². The first-order valence-electron chi connectivity index (χ1n) is 7.29. The maximum absolute atomic E-state index is 12.3. The number of ether oxygens (including phenoxy) is 1. The van der Waals surface area contributed by atoms with Gasteiger partial charge in [-0.1, -0.05) is 17.7 Å². The second kappa shape index (κ2) is 7.76. The summed E-state index contributed by atoms with van der Waals surface area (Å²) in [5, 5.41) is 14.3. The molecule has 2 aromatic carbocycles. The maximum atomic E-state index is 12.3. The van der Waals surface area contributed by atoms with E-state index in [9.17, 15) is 19.7 Å². The van der Waals surface area contributed by atoms with E-state index in [1.54, 1.807) is 25.1 Å². The van der Waals surface area contributed by atoms with Gasteiger partial charge >= 0.3 is 5.69 Å². The number of nitrogens with one attached hydrogen (secondary N) is 1. The lowest BCUT2D eigenvalue weighted by molar-refractivity contribution is -0.386. The fourth-order valence-electron chi connectivity index (χ4n) is 2.07. The second-order valence-electron chi connectivity index (χ2n) is 5.26. The topological polar surface area (TPSA) is 98.5 Å². The van der Waals surface area contributed by atoms with Crippen molar-refractivity contribution in [1.29, 1.82) is 0 Å². The molecule has 25 heavy (non-hydrogen) atoms. The smallest absolute Gasteiger partial charge is 0.311 e. The number of nitro benzene ring substituents is 1. The highest BCUT2D eigenvalue weighted by molar-refractivity contribution is 6.31. The SMILES string of the molecule is Cc1c(Cl)cccc1NC(=O)[C@H](C)Oc1ccc(C=O)cc1[N+](=O)[O-]. The molecule has 0 aliphatic heterocycles. The normalized spacial score (nSPS) is 11.5. The number of amides is 1. The lowest BCUT2D eigenvalue weighted by Crippen LogP contribution is -2.30. The molecule has 0 fully saturated rings. The van der Waals surface area contributed by atoms with Gasteiger partial charge in [0.1, 0.15) is 6.29 Å². The van der Waals surface area contributed by atoms with E-state index in [0.717, 1.165) is 6.07 Å². The molecule has 2 aromatic rings. The highest BCUT2D eigenvalue weighted by atomic mass is 35.5. The van der Waals surface area contributed by atoms with Crippen molar-refractivity contribution in [2.45, 2.75) is 20.0 Å². The number of anilines is 1. The fraction of sp³-hybridized carbons (Fsp3) is 0.176. The van der Waals surface area contributed by atoms with Gasteiger partial charge in [-0.05, 0) is 43.7 Å². The van der Waals surface area contributed by atoms with Crippen LogP contribution in [0.25, 0.3) is 0 Å². The number of carbonyl (C=O) groups is 2. The molecule has 0 aliphatic carbocycles. The van der Waals surface area contributed by atoms with Crippen molar-refractivity contribution < 1.29 is 19.2 Å². The highest BCUT2D eigenvalue weighted by Gasteiger charge is 2.22. The number of hydrogen-bond donors (Lipinski definition) is 1. The molecule has 0 unspecified atom stereocenters. The largest absolute Gasteiger partial charge is 0.474 e. The van der Waals surface area contributed by atoms with Crippen LogP contribution in [-0.4, -0.2) is 23.2 Å². The molecule has 0 heterocycles. The van der Waals surface area contributed by atoms with Crippen LogP contribution in [-0.2, 0) is 4.79 Å². The summed E-state index contributed by atoms with van der Waals surface area (Å²) in [6.45, 7) is 3.22. The third-order valence-electron chi connectivity index (χ3n) is 3.51. The standard InChI is InChI=1S/C17H15ClN2O5/c1-10-13(18)4-3-5-14(10)19-17(22)11(2)25-16-7-6-12(9-21)8-15(16)20(23)24/h3-9,11H,1-2H3,(H,19,22)/t11-/m0/s1. The molecular formula is C17H15ClN2O5. The van der Waals surface area contributed by atoms with Crippen LogP contribution in [0.1, 0.15) is 22.8 Å². The molecule has 0 aromatic heterocycles. The van der Waals surface area contributed by atoms with Gasteiger partial charge in [-0.15, -0.1) is 0 Å². The van der Waals surface area contributed by atoms with Crippen LogP contribution < -0.4 is 10.1 Å². The average Bonchev–Trinajstić information content (AvgIpc) is 2.59. The predicted octanol–water partition coefficient (Wildman–Crippen LogP) is 3.78. The van der Waals surface area contributed by atoms with Crippen LogP contribution in [0.5, 0.6) is 5.75 Å². The summed E-state index contributed by atoms with van der Waals surface area (Å²) < 4.78 is 5.41. The van der Waals surface area contributed by atoms with Gasteiger partial charge in [0.15, 0.2) is 11.9 Å². The maximum Gasteiger partial charge on any atom is 0.311 e. The number of halogens is 1. The minimum Gasteiger partial charge on any atom is -0.474 e. The molecular weight excluding hydrogens is 348 g/mol. The quantitative estimate of drug-likeness (QED) is 0.479. The van der Waals surface area contributed by atoms with Gasteiger partial charge in [-0.3, -0.25) is 19.7 Å². The minimum absolute atomic E-state index is 0.0962. The van der Waals surface area contributed by atoms with Crippen LogP contribution in [0.4, 0.5) is 11.4 Å². The Morgan fingerprint density at radius 3 is 2.72 bits per heavy atom. The highest BCUT2D eigenvalue weighted by Crippen LogP contribution is 2.29. The zero-order chi connectivity index (χ0) is 18.6. The molecule has 130 valence electrons. The molecule has 7 nitrogen and oxygen atoms in total. The van der Waals surface area contributed by atoms with Crippen molar-refractivity contribution in [2.75, 3.05) is 5.32 Å². The first kappa shape index (κ1) is 18.4. The van der Waals surface area contributed by atoms with Crippen LogP contribution in [0, 0.1) is 17.0 Å². The number of hydrogen-bond acceptors (Lipinski definition) is 5. The Labute approximate surface area is 148 Å². The summed E-state index contributed by atoms with van der Waals surface area (Å²) >= 11 is 6.00. The van der Waals surface area contributed by atoms with E-state index in [4.69, 9.17) is 16.3 Å². The van der Waals surface area contributed by atoms with Crippen molar-refractivity contribution in [2.24, 2.45) is 0 Å². The molecule has 1 atom stereocenters. The van der Waals surface area contributed by atoms with Crippen molar-refractivity contribution in [3.8, 4) is 5.75 Å². The van der Waals surface area contributed by atoms with Crippen LogP contribution in [0.2, 0.25) is 5.02 Å². The molecule has 1 amide bonds. The summed E-state index contributed by atoms with van der Waals surface area (Å²) in [7, 11) is 0. The Kier molecular flexibility index (Phi) is 5.71. The Balaban J connectivity index is 2.17. The lowest BCUT2D eigenvalue weighted by Gasteiger charge is -2.16. The summed E-state index contributed by atoms with van der Waals surface area (Å²) in [6, 6.07) is 8.84. The van der Waals surface area contributed by atoms with Crippen LogP contribution in [0.3, 0.4) is 0 Å². The summed E-state index contributed by atoms with van der Waals surface area (Å²) in [4.78, 5) is 33.5. The van der Waals surface area contributed by atoms with Gasteiger partial charge in [0.2, 0.25) is 0 Å². The Morgan fingerprint density at radius 2 is 2.08 bits per heavy atom. The van der Waals surface area contributed by atoms with E-state index in [2.05, 4.69) is 5.32 Å². The van der Waals surface area contributed by atoms with Gasteiger partial charge < -0.3 is 10.1 Å². The van der Waals surface area contributed by atoms with Crippen molar-refractivity contribution in [1.82, 2.24) is 0 Å². The van der Waals surface area contributed by atoms with Crippen molar-refractivity contribution >= 4 is 35.2 Å². The molecule has 0 saturated heterocycles. The van der Waals surface area contributed by atoms with E-state index in [1.165, 1.54) is 19.1 Å². The van der Waals surface area contributed by atoms with Gasteiger partial charge in [-0.25, -0.2) is 0 Å². The van der Waals surface area contributed by atoms with Gasteiger partial charge in [-0.2, -0.15) is 0 Å². The van der Waals surface area contributed by atoms with Crippen LogP contribution in [0.15, 0.2) is 36.4 Å². The third-order valence-corrected chi connectivity index (χ3v) is 3.92. The molecule has 0 radical (unpaired) electrons. The monoisotopic (exact) mass is 362 g/mol. The molecule has 2 rings (SSSR count). The molecule has 1 N–H and O–H groups in total. The zero-order valence-corrected chi connectivity index (χ0v) is 14.2. The van der Waals surface area contributed by atoms with Gasteiger partial charge in [0, 0.05) is 22.3 Å².